The van der Waals surface area contributed by atoms with Crippen LogP contribution < -0.4 is 0 Å². The highest BCUT2D eigenvalue weighted by Crippen LogP contribution is 2.27. The number of aromatic amines is 1. The Labute approximate surface area is 172 Å². The minimum Gasteiger partial charge on any atom is -0.483 e. The number of H-pyrrole nitrogens is 1. The van der Waals surface area contributed by atoms with Gasteiger partial charge in [-0.3, -0.25) is 19.6 Å². The molecule has 2 saturated heterocycles. The molecule has 1 aromatic heterocycles. The molecule has 4 N–H and O–H groups in total. The lowest BCUT2D eigenvalue weighted by Crippen LogP contribution is -2.41. The normalized spacial score (nSPS) is 22.3. The Bertz CT molecular complexity index is 595. The minimum absolute atomic E-state index is 0.227. The van der Waals surface area contributed by atoms with E-state index < -0.39 is 0 Å². The highest BCUT2D eigenvalue weighted by molar-refractivity contribution is 5.33. The van der Waals surface area contributed by atoms with Gasteiger partial charge < -0.3 is 20.2 Å². The van der Waals surface area contributed by atoms with E-state index in [0.717, 1.165) is 37.4 Å². The van der Waals surface area contributed by atoms with Gasteiger partial charge in [0.2, 0.25) is 0 Å². The molecule has 2 aliphatic heterocycles. The molecule has 166 valence electrons. The van der Waals surface area contributed by atoms with Crippen LogP contribution in [0.2, 0.25) is 0 Å². The number of aryl methyl sites for hydroxylation is 1. The second kappa shape index (κ2) is 12.6. The van der Waals surface area contributed by atoms with Gasteiger partial charge in [-0.25, -0.2) is 0 Å². The summed E-state index contributed by atoms with van der Waals surface area (Å²) in [5, 5.41) is 31.5. The predicted molar refractivity (Wildman–Crippen MR) is 110 cm³/mol. The van der Waals surface area contributed by atoms with Crippen LogP contribution in [0.25, 0.3) is 0 Å². The van der Waals surface area contributed by atoms with Crippen LogP contribution in [0.4, 0.5) is 0 Å². The van der Waals surface area contributed by atoms with E-state index in [1.807, 2.05) is 6.92 Å². The maximum absolute atomic E-state index is 10.4. The molecule has 0 bridgehead atoms. The Hall–Kier alpha value is -1.97. The summed E-state index contributed by atoms with van der Waals surface area (Å²) in [5.41, 5.74) is 2.45. The number of hydrogen-bond donors (Lipinski definition) is 4. The van der Waals surface area contributed by atoms with Gasteiger partial charge in [-0.1, -0.05) is 13.8 Å². The van der Waals surface area contributed by atoms with Gasteiger partial charge >= 0.3 is 0 Å². The van der Waals surface area contributed by atoms with Crippen LogP contribution in [0.1, 0.15) is 38.1 Å². The number of nitrogens with one attached hydrogen (secondary N) is 1. The summed E-state index contributed by atoms with van der Waals surface area (Å²) in [6, 6.07) is 2.09. The molecule has 3 heterocycles. The molecule has 1 aromatic rings. The van der Waals surface area contributed by atoms with Crippen LogP contribution in [0, 0.1) is 18.3 Å². The van der Waals surface area contributed by atoms with Gasteiger partial charge in [-0.15, -0.1) is 0 Å². The van der Waals surface area contributed by atoms with Crippen molar-refractivity contribution >= 4 is 12.9 Å². The molecule has 0 radical (unpaired) electrons. The molecule has 3 rings (SSSR count). The van der Waals surface area contributed by atoms with Gasteiger partial charge in [0.25, 0.3) is 12.9 Å². The third-order valence-electron chi connectivity index (χ3n) is 5.21. The van der Waals surface area contributed by atoms with E-state index in [1.54, 1.807) is 0 Å². The zero-order valence-corrected chi connectivity index (χ0v) is 17.8. The zero-order valence-electron chi connectivity index (χ0n) is 17.8. The lowest BCUT2D eigenvalue weighted by Gasteiger charge is -2.33. The summed E-state index contributed by atoms with van der Waals surface area (Å²) in [7, 11) is 0. The summed E-state index contributed by atoms with van der Waals surface area (Å²) >= 11 is 0. The fourth-order valence-corrected chi connectivity index (χ4v) is 4.32. The maximum atomic E-state index is 10.4. The number of nitrogens with zero attached hydrogens (tertiary/aromatic N) is 3. The predicted octanol–water partition coefficient (Wildman–Crippen LogP) is 1.08. The Kier molecular flexibility index (Phi) is 10.9. The average molecular weight is 413 g/mol. The van der Waals surface area contributed by atoms with Crippen molar-refractivity contribution in [3.8, 4) is 0 Å². The topological polar surface area (TPSA) is 130 Å². The third-order valence-corrected chi connectivity index (χ3v) is 5.21. The SMILES string of the molecule is Cc1cc(C[C@@H]2CN(CC(C)(C)CN3CCCC3)C[C@H]2O)n[nH]1.O=CO.O=CO. The second-order valence-electron chi connectivity index (χ2n) is 8.63. The van der Waals surface area contributed by atoms with E-state index in [4.69, 9.17) is 19.8 Å². The summed E-state index contributed by atoms with van der Waals surface area (Å²) < 4.78 is 0. The smallest absolute Gasteiger partial charge is 0.290 e. The van der Waals surface area contributed by atoms with E-state index in [-0.39, 0.29) is 24.5 Å². The molecule has 2 fully saturated rings. The quantitative estimate of drug-likeness (QED) is 0.511. The Morgan fingerprint density at radius 3 is 2.21 bits per heavy atom. The Morgan fingerprint density at radius 1 is 1.14 bits per heavy atom. The Balaban J connectivity index is 0.000000626. The molecule has 0 saturated carbocycles. The van der Waals surface area contributed by atoms with Crippen molar-refractivity contribution in [2.75, 3.05) is 39.3 Å². The fourth-order valence-electron chi connectivity index (χ4n) is 4.32. The van der Waals surface area contributed by atoms with Crippen molar-refractivity contribution in [2.24, 2.45) is 11.3 Å². The summed E-state index contributed by atoms with van der Waals surface area (Å²) in [6.07, 6.45) is 3.34. The first-order chi connectivity index (χ1) is 13.7. The molecule has 0 unspecified atom stereocenters. The first-order valence-electron chi connectivity index (χ1n) is 10.0. The number of carbonyl (C=O) groups is 2. The molecule has 2 aliphatic rings. The van der Waals surface area contributed by atoms with Gasteiger partial charge in [0.1, 0.15) is 0 Å². The minimum atomic E-state index is -0.250. The van der Waals surface area contributed by atoms with Gasteiger partial charge in [-0.2, -0.15) is 5.10 Å². The molecule has 0 aliphatic carbocycles. The number of aliphatic hydroxyl groups excluding tert-OH is 1. The lowest BCUT2D eigenvalue weighted by molar-refractivity contribution is -0.123. The number of aromatic nitrogens is 2. The summed E-state index contributed by atoms with van der Waals surface area (Å²) in [4.78, 5) is 21.8. The van der Waals surface area contributed by atoms with Crippen molar-refractivity contribution < 1.29 is 24.9 Å². The molecule has 29 heavy (non-hydrogen) atoms. The third kappa shape index (κ3) is 9.38. The van der Waals surface area contributed by atoms with E-state index in [1.165, 1.54) is 32.5 Å². The van der Waals surface area contributed by atoms with Crippen molar-refractivity contribution in [3.05, 3.63) is 17.5 Å². The number of likely N-dealkylation sites (tertiary alicyclic amines) is 2. The van der Waals surface area contributed by atoms with Gasteiger partial charge in [0, 0.05) is 37.8 Å². The first kappa shape index (κ1) is 25.1. The highest BCUT2D eigenvalue weighted by atomic mass is 16.3. The van der Waals surface area contributed by atoms with Crippen molar-refractivity contribution in [1.82, 2.24) is 20.0 Å². The van der Waals surface area contributed by atoms with Crippen LogP contribution >= 0.6 is 0 Å². The molecular formula is C20H36N4O5. The van der Waals surface area contributed by atoms with E-state index in [9.17, 15) is 5.11 Å². The van der Waals surface area contributed by atoms with Crippen molar-refractivity contribution in [1.29, 1.82) is 0 Å². The van der Waals surface area contributed by atoms with Crippen LogP contribution in [0.5, 0.6) is 0 Å². The monoisotopic (exact) mass is 412 g/mol. The number of β-amino-alcohol motifs (C(OH)–C–C–N with tert-alkyl or cyclic N) is 1. The van der Waals surface area contributed by atoms with Crippen LogP contribution in [-0.2, 0) is 16.0 Å². The van der Waals surface area contributed by atoms with Gasteiger partial charge in [0.05, 0.1) is 11.8 Å². The zero-order chi connectivity index (χ0) is 21.9. The first-order valence-corrected chi connectivity index (χ1v) is 10.0. The van der Waals surface area contributed by atoms with E-state index in [0.29, 0.717) is 5.92 Å². The van der Waals surface area contributed by atoms with Crippen molar-refractivity contribution in [3.63, 3.8) is 0 Å². The summed E-state index contributed by atoms with van der Waals surface area (Å²) in [5.74, 6) is 0.306. The largest absolute Gasteiger partial charge is 0.483 e. The molecule has 9 nitrogen and oxygen atoms in total. The van der Waals surface area contributed by atoms with Gasteiger partial charge in [0.15, 0.2) is 0 Å². The van der Waals surface area contributed by atoms with Crippen LogP contribution in [0.3, 0.4) is 0 Å². The summed E-state index contributed by atoms with van der Waals surface area (Å²) in [6.45, 7) is 12.8. The molecule has 2 atom stereocenters. The number of hydrogen-bond acceptors (Lipinski definition) is 6. The fraction of sp³-hybridized carbons (Fsp3) is 0.750. The standard InChI is InChI=1S/C18H32N4O.2CH2O2/c1-14-8-16(20-19-14)9-15-10-22(11-17(15)23)13-18(2,3)12-21-6-4-5-7-21;2*2-1-3/h8,15,17,23H,4-7,9-13H2,1-3H3,(H,19,20);2*1H,(H,2,3)/t15-,17-;;/m1../s1. The molecule has 9 heteroatoms. The number of aliphatic hydroxyl groups is 1. The molecular weight excluding hydrogens is 376 g/mol. The van der Waals surface area contributed by atoms with Crippen LogP contribution in [0.15, 0.2) is 6.07 Å². The van der Waals surface area contributed by atoms with Crippen molar-refractivity contribution in [2.45, 2.75) is 46.1 Å². The number of rotatable bonds is 6. The lowest BCUT2D eigenvalue weighted by atomic mass is 9.92. The maximum Gasteiger partial charge on any atom is 0.290 e. The molecule has 0 spiro atoms. The highest BCUT2D eigenvalue weighted by Gasteiger charge is 2.35. The van der Waals surface area contributed by atoms with Gasteiger partial charge in [-0.05, 0) is 50.8 Å². The molecule has 0 amide bonds. The van der Waals surface area contributed by atoms with E-state index >= 15 is 0 Å². The van der Waals surface area contributed by atoms with E-state index in [2.05, 4.69) is 39.9 Å². The molecule has 0 aromatic carbocycles. The Morgan fingerprint density at radius 2 is 1.69 bits per heavy atom. The second-order valence-corrected chi connectivity index (χ2v) is 8.63. The van der Waals surface area contributed by atoms with Crippen LogP contribution in [-0.4, -0.2) is 93.6 Å². The number of carboxylic acid groups (broad SMARTS) is 2. The average Bonchev–Trinajstić information content (AvgIpc) is 3.33.